The topological polar surface area (TPSA) is 29.5 Å². The third-order valence-corrected chi connectivity index (χ3v) is 0.664. The van der Waals surface area contributed by atoms with E-state index in [-0.39, 0.29) is 5.87 Å². The number of carbonyl (C=O) groups excluding carboxylic acids is 1. The monoisotopic (exact) mass is 208 g/mol. The Labute approximate surface area is 70.9 Å². The highest BCUT2D eigenvalue weighted by molar-refractivity contribution is 9.24. The van der Waals surface area contributed by atoms with Crippen LogP contribution in [0.4, 0.5) is 4.79 Å². The molecular weight excluding hydrogens is 197 g/mol. The molecule has 10 heavy (non-hydrogen) atoms. The summed E-state index contributed by atoms with van der Waals surface area (Å²) in [6.07, 6.45) is 1.17. The number of methoxy groups -OCH3 is 1. The molecule has 0 saturated heterocycles. The predicted molar refractivity (Wildman–Crippen MR) is 46.7 cm³/mol. The maximum Gasteiger partial charge on any atom is 0.350 e. The van der Waals surface area contributed by atoms with E-state index >= 15 is 0 Å². The van der Waals surface area contributed by atoms with Crippen LogP contribution in [-0.4, -0.2) is 45.1 Å². The smallest absolute Gasteiger partial charge is 0.350 e. The van der Waals surface area contributed by atoms with Gasteiger partial charge in [0.1, 0.15) is 0 Å². The fourth-order valence-corrected chi connectivity index (χ4v) is 0.231. The third kappa shape index (κ3) is 24.6. The summed E-state index contributed by atoms with van der Waals surface area (Å²) in [4.78, 5) is 11.9. The van der Waals surface area contributed by atoms with E-state index in [4.69, 9.17) is 0 Å². The Bertz CT molecular complexity index is 81.0. The predicted octanol–water partition coefficient (Wildman–Crippen LogP) is 0.945. The molecule has 0 saturated carbocycles. The van der Waals surface area contributed by atoms with E-state index in [9.17, 15) is 4.79 Å². The highest BCUT2D eigenvalue weighted by Crippen LogP contribution is 1.78. The fourth-order valence-electron chi connectivity index (χ4n) is 0.0445. The summed E-state index contributed by atoms with van der Waals surface area (Å²) in [6.45, 7) is 0. The molecule has 0 aliphatic rings. The first kappa shape index (κ1) is 12.6. The molecule has 0 aliphatic heterocycles. The molecule has 0 fully saturated rings. The number of hydrogen-bond donors (Lipinski definition) is 0. The fraction of sp³-hybridized carbons (Fsp3) is 0.800. The Morgan fingerprint density at radius 3 is 1.80 bits per heavy atom. The van der Waals surface area contributed by atoms with Crippen molar-refractivity contribution in [1.82, 2.24) is 4.90 Å². The molecule has 0 amide bonds. The van der Waals surface area contributed by atoms with Gasteiger partial charge in [0, 0.05) is 0 Å². The summed E-state index contributed by atoms with van der Waals surface area (Å²) in [5.74, 6) is -0.366. The molecule has 59 valence electrons. The number of ether oxygens (including phenoxy) is 1. The van der Waals surface area contributed by atoms with Crippen LogP contribution in [-0.2, 0) is 4.74 Å². The van der Waals surface area contributed by atoms with Gasteiger partial charge in [-0.3, -0.25) is 4.79 Å². The van der Waals surface area contributed by atoms with Crippen molar-refractivity contribution in [2.75, 3.05) is 28.3 Å². The molecule has 1 radical (unpaired) electrons. The van der Waals surface area contributed by atoms with Gasteiger partial charge in [-0.05, 0) is 21.1 Å². The highest BCUT2D eigenvalue weighted by Gasteiger charge is 1.93. The molecule has 0 N–H and O–H groups in total. The van der Waals surface area contributed by atoms with Crippen LogP contribution >= 0.6 is 15.8 Å². The number of carbonyl (C=O) groups is 1. The third-order valence-electron chi connectivity index (χ3n) is 0.290. The van der Waals surface area contributed by atoms with E-state index in [1.165, 1.54) is 13.2 Å². The van der Waals surface area contributed by atoms with E-state index < -0.39 is 0 Å². The molecule has 0 aromatic carbocycles. The van der Waals surface area contributed by atoms with E-state index in [1.54, 1.807) is 0 Å². The summed E-state index contributed by atoms with van der Waals surface area (Å²) in [6, 6.07) is 0. The maximum atomic E-state index is 9.86. The van der Waals surface area contributed by atoms with E-state index in [0.29, 0.717) is 0 Å². The first-order valence-corrected chi connectivity index (χ1v) is 3.58. The Morgan fingerprint density at radius 2 is 1.80 bits per heavy atom. The summed E-state index contributed by atoms with van der Waals surface area (Å²) in [5.41, 5.74) is 0. The van der Waals surface area contributed by atoms with Crippen molar-refractivity contribution in [3.05, 3.63) is 0 Å². The Kier molecular flexibility index (Phi) is 11.3. The number of hydrogen-bond acceptors (Lipinski definition) is 3. The molecule has 0 bridgehead atoms. The summed E-state index contributed by atoms with van der Waals surface area (Å²) < 4.78 is 4.16. The van der Waals surface area contributed by atoms with Crippen molar-refractivity contribution < 1.29 is 9.53 Å². The van der Waals surface area contributed by atoms with Gasteiger partial charge in [-0.15, -0.1) is 15.8 Å². The molecule has 0 heterocycles. The quantitative estimate of drug-likeness (QED) is 0.602. The first-order valence-electron chi connectivity index (χ1n) is 2.67. The molecule has 0 aliphatic carbocycles. The van der Waals surface area contributed by atoms with Crippen LogP contribution in [0.5, 0.6) is 0 Å². The largest absolute Gasteiger partial charge is 0.477 e. The van der Waals surface area contributed by atoms with Gasteiger partial charge >= 0.3 is 6.10 Å². The second kappa shape index (κ2) is 8.97. The zero-order valence-electron chi connectivity index (χ0n) is 6.72. The molecular formula is C5H12BBrNO2. The highest BCUT2D eigenvalue weighted by atomic mass is 79.9. The normalized spacial score (nSPS) is 7.80. The van der Waals surface area contributed by atoms with Gasteiger partial charge in [0.25, 0.3) is 5.87 Å². The van der Waals surface area contributed by atoms with Crippen LogP contribution in [0.1, 0.15) is 0 Å². The van der Waals surface area contributed by atoms with E-state index in [0.717, 1.165) is 0 Å². The van der Waals surface area contributed by atoms with Crippen molar-refractivity contribution in [1.29, 1.82) is 0 Å². The lowest BCUT2D eigenvalue weighted by molar-refractivity contribution is 0.198. The lowest BCUT2D eigenvalue weighted by Gasteiger charge is -1.90. The van der Waals surface area contributed by atoms with Gasteiger partial charge < -0.3 is 9.64 Å². The van der Waals surface area contributed by atoms with Crippen molar-refractivity contribution >= 4 is 27.7 Å². The lowest BCUT2D eigenvalue weighted by Crippen LogP contribution is -2.00. The molecule has 0 spiro atoms. The van der Waals surface area contributed by atoms with Crippen LogP contribution < -0.4 is 0 Å². The number of rotatable bonds is 1. The lowest BCUT2D eigenvalue weighted by atomic mass is 10.2. The van der Waals surface area contributed by atoms with Crippen molar-refractivity contribution in [2.24, 2.45) is 0 Å². The van der Waals surface area contributed by atoms with E-state index in [2.05, 4.69) is 20.5 Å². The van der Waals surface area contributed by atoms with Crippen LogP contribution in [0, 0.1) is 0 Å². The first-order chi connectivity index (χ1) is 4.54. The molecule has 0 aromatic rings. The van der Waals surface area contributed by atoms with Gasteiger partial charge in [0.05, 0.1) is 7.11 Å². The minimum Gasteiger partial charge on any atom is -0.477 e. The van der Waals surface area contributed by atoms with Crippen LogP contribution in [0.3, 0.4) is 0 Å². The minimum absolute atomic E-state index is 0.366. The summed E-state index contributed by atoms with van der Waals surface area (Å²) in [7, 11) is 7.32. The Hall–Kier alpha value is -0.0251. The average Bonchev–Trinajstić information content (AvgIpc) is 1.85. The zero-order chi connectivity index (χ0) is 8.57. The van der Waals surface area contributed by atoms with Crippen LogP contribution in [0.2, 0.25) is 0 Å². The molecule has 0 rings (SSSR count). The van der Waals surface area contributed by atoms with Gasteiger partial charge in [0.15, 0.2) is 0 Å². The molecule has 5 heteroatoms. The second-order valence-corrected chi connectivity index (χ2v) is 2.43. The maximum absolute atomic E-state index is 9.86. The average molecular weight is 209 g/mol. The van der Waals surface area contributed by atoms with Gasteiger partial charge in [-0.1, -0.05) is 0 Å². The standard InChI is InChI=1S/C3H9N.C2H3BBrO2/c1-4(2)3;1-6-2(5)3-4/h1-3H3;1H3. The SMILES string of the molecule is CN(C)C.COC(=O)[B]Br. The Balaban J connectivity index is 0. The molecule has 0 atom stereocenters. The van der Waals surface area contributed by atoms with Crippen molar-refractivity contribution in [2.45, 2.75) is 0 Å². The zero-order valence-corrected chi connectivity index (χ0v) is 8.31. The van der Waals surface area contributed by atoms with Crippen LogP contribution in [0.25, 0.3) is 0 Å². The van der Waals surface area contributed by atoms with Crippen molar-refractivity contribution in [3.63, 3.8) is 0 Å². The van der Waals surface area contributed by atoms with Crippen molar-refractivity contribution in [3.8, 4) is 0 Å². The molecule has 0 unspecified atom stereocenters. The van der Waals surface area contributed by atoms with Gasteiger partial charge in [0.2, 0.25) is 0 Å². The van der Waals surface area contributed by atoms with Gasteiger partial charge in [-0.2, -0.15) is 0 Å². The molecule has 3 nitrogen and oxygen atoms in total. The van der Waals surface area contributed by atoms with Gasteiger partial charge in [-0.25, -0.2) is 0 Å². The Morgan fingerprint density at radius 1 is 1.50 bits per heavy atom. The van der Waals surface area contributed by atoms with E-state index in [1.807, 2.05) is 26.0 Å². The number of halogens is 1. The molecule has 0 aromatic heterocycles. The second-order valence-electron chi connectivity index (χ2n) is 1.97. The van der Waals surface area contributed by atoms with Crippen LogP contribution in [0.15, 0.2) is 0 Å². The number of nitrogens with zero attached hydrogens (tertiary/aromatic N) is 1. The summed E-state index contributed by atoms with van der Waals surface area (Å²) >= 11 is 2.78. The minimum atomic E-state index is -0.366. The summed E-state index contributed by atoms with van der Waals surface area (Å²) in [5, 5.41) is 0.